The first kappa shape index (κ1) is 13.6. The molecule has 2 heterocycles. The van der Waals surface area contributed by atoms with Crippen LogP contribution in [0.1, 0.15) is 43.4 Å². The van der Waals surface area contributed by atoms with E-state index in [4.69, 9.17) is 4.52 Å². The molecule has 0 amide bonds. The van der Waals surface area contributed by atoms with Crippen LogP contribution in [-0.2, 0) is 5.75 Å². The van der Waals surface area contributed by atoms with Crippen LogP contribution in [0.2, 0.25) is 0 Å². The summed E-state index contributed by atoms with van der Waals surface area (Å²) in [5, 5.41) is 7.57. The molecule has 4 nitrogen and oxygen atoms in total. The topological polar surface area (TPSA) is 51.0 Å². The van der Waals surface area contributed by atoms with Crippen LogP contribution >= 0.6 is 11.8 Å². The predicted molar refractivity (Wildman–Crippen MR) is 79.5 cm³/mol. The fraction of sp³-hybridized carbons (Fsp3) is 0.467. The Morgan fingerprint density at radius 3 is 3.00 bits per heavy atom. The highest BCUT2D eigenvalue weighted by atomic mass is 32.2. The molecule has 0 radical (unpaired) electrons. The molecule has 0 spiro atoms. The minimum absolute atomic E-state index is 0.237. The van der Waals surface area contributed by atoms with E-state index in [0.29, 0.717) is 0 Å². The monoisotopic (exact) mass is 289 g/mol. The van der Waals surface area contributed by atoms with Crippen LogP contribution in [-0.4, -0.2) is 16.7 Å². The van der Waals surface area contributed by atoms with Gasteiger partial charge in [-0.15, -0.1) is 11.8 Å². The smallest absolute Gasteiger partial charge is 0.243 e. The van der Waals surface area contributed by atoms with Crippen molar-refractivity contribution < 1.29 is 4.52 Å². The predicted octanol–water partition coefficient (Wildman–Crippen LogP) is 3.57. The number of benzene rings is 1. The lowest BCUT2D eigenvalue weighted by Gasteiger charge is -2.09. The molecule has 1 N–H and O–H groups in total. The Labute approximate surface area is 123 Å². The van der Waals surface area contributed by atoms with Gasteiger partial charge in [-0.25, -0.2) is 0 Å². The Morgan fingerprint density at radius 2 is 2.10 bits per heavy atom. The van der Waals surface area contributed by atoms with E-state index in [1.165, 1.54) is 24.2 Å². The molecule has 1 atom stereocenters. The van der Waals surface area contributed by atoms with Crippen LogP contribution in [0.25, 0.3) is 0 Å². The molecule has 106 valence electrons. The van der Waals surface area contributed by atoms with E-state index in [1.54, 1.807) is 11.8 Å². The van der Waals surface area contributed by atoms with Crippen molar-refractivity contribution in [2.45, 2.75) is 42.4 Å². The minimum Gasteiger partial charge on any atom is -0.338 e. The molecule has 1 aromatic heterocycles. The SMILES string of the molecule is c1ccc(SCc2noc(C3CCCCCN3)n2)cc1. The normalized spacial score (nSPS) is 19.7. The molecule has 1 aliphatic heterocycles. The van der Waals surface area contributed by atoms with Crippen molar-refractivity contribution in [1.82, 2.24) is 15.5 Å². The summed E-state index contributed by atoms with van der Waals surface area (Å²) in [7, 11) is 0. The number of rotatable bonds is 4. The summed E-state index contributed by atoms with van der Waals surface area (Å²) in [6, 6.07) is 10.5. The Bertz CT molecular complexity index is 521. The average Bonchev–Trinajstić information content (AvgIpc) is 2.80. The lowest BCUT2D eigenvalue weighted by atomic mass is 10.1. The maximum Gasteiger partial charge on any atom is 0.243 e. The molecule has 1 saturated heterocycles. The molecule has 1 aliphatic rings. The Morgan fingerprint density at radius 1 is 1.20 bits per heavy atom. The molecular formula is C15H19N3OS. The van der Waals surface area contributed by atoms with E-state index in [0.717, 1.165) is 30.4 Å². The summed E-state index contributed by atoms with van der Waals surface area (Å²) >= 11 is 1.73. The van der Waals surface area contributed by atoms with Gasteiger partial charge in [-0.1, -0.05) is 36.2 Å². The standard InChI is InChI=1S/C15H19N3OS/c1-3-7-12(8-4-1)20-11-14-17-15(19-18-14)13-9-5-2-6-10-16-13/h1,3-4,7-8,13,16H,2,5-6,9-11H2. The fourth-order valence-corrected chi connectivity index (χ4v) is 3.13. The van der Waals surface area contributed by atoms with Gasteiger partial charge in [0.05, 0.1) is 11.8 Å². The van der Waals surface area contributed by atoms with E-state index in [2.05, 4.69) is 27.6 Å². The lowest BCUT2D eigenvalue weighted by Crippen LogP contribution is -2.20. The summed E-state index contributed by atoms with van der Waals surface area (Å²) in [4.78, 5) is 5.76. The minimum atomic E-state index is 0.237. The third-order valence-corrected chi connectivity index (χ3v) is 4.46. The third kappa shape index (κ3) is 3.61. The lowest BCUT2D eigenvalue weighted by molar-refractivity contribution is 0.325. The highest BCUT2D eigenvalue weighted by Crippen LogP contribution is 2.24. The van der Waals surface area contributed by atoms with Gasteiger partial charge in [-0.2, -0.15) is 4.98 Å². The summed E-state index contributed by atoms with van der Waals surface area (Å²) in [5.41, 5.74) is 0. The maximum atomic E-state index is 5.41. The quantitative estimate of drug-likeness (QED) is 0.872. The first-order valence-electron chi connectivity index (χ1n) is 7.15. The second-order valence-electron chi connectivity index (χ2n) is 5.01. The van der Waals surface area contributed by atoms with Crippen LogP contribution in [0, 0.1) is 0 Å². The molecule has 0 saturated carbocycles. The van der Waals surface area contributed by atoms with Crippen molar-refractivity contribution in [3.8, 4) is 0 Å². The van der Waals surface area contributed by atoms with Crippen LogP contribution in [0.3, 0.4) is 0 Å². The fourth-order valence-electron chi connectivity index (χ4n) is 2.37. The summed E-state index contributed by atoms with van der Waals surface area (Å²) in [5.74, 6) is 2.27. The molecule has 1 unspecified atom stereocenters. The van der Waals surface area contributed by atoms with E-state index >= 15 is 0 Å². The van der Waals surface area contributed by atoms with Crippen molar-refractivity contribution in [2.24, 2.45) is 0 Å². The van der Waals surface area contributed by atoms with Gasteiger partial charge in [0.15, 0.2) is 5.82 Å². The van der Waals surface area contributed by atoms with Crippen LogP contribution in [0.4, 0.5) is 0 Å². The average molecular weight is 289 g/mol. The van der Waals surface area contributed by atoms with Gasteiger partial charge in [-0.3, -0.25) is 0 Å². The molecule has 0 bridgehead atoms. The first-order chi connectivity index (χ1) is 9.92. The number of hydrogen-bond donors (Lipinski definition) is 1. The molecule has 5 heteroatoms. The summed E-state index contributed by atoms with van der Waals surface area (Å²) < 4.78 is 5.41. The molecule has 0 aliphatic carbocycles. The van der Waals surface area contributed by atoms with Crippen molar-refractivity contribution in [2.75, 3.05) is 6.54 Å². The zero-order chi connectivity index (χ0) is 13.6. The van der Waals surface area contributed by atoms with Crippen LogP contribution in [0.15, 0.2) is 39.8 Å². The van der Waals surface area contributed by atoms with E-state index < -0.39 is 0 Å². The van der Waals surface area contributed by atoms with Gasteiger partial charge < -0.3 is 9.84 Å². The van der Waals surface area contributed by atoms with Gasteiger partial charge in [0.2, 0.25) is 5.89 Å². The van der Waals surface area contributed by atoms with Gasteiger partial charge >= 0.3 is 0 Å². The van der Waals surface area contributed by atoms with Gasteiger partial charge in [0.1, 0.15) is 0 Å². The number of nitrogens with one attached hydrogen (secondary N) is 1. The third-order valence-electron chi connectivity index (χ3n) is 3.45. The molecule has 20 heavy (non-hydrogen) atoms. The first-order valence-corrected chi connectivity index (χ1v) is 8.14. The van der Waals surface area contributed by atoms with Crippen LogP contribution in [0.5, 0.6) is 0 Å². The highest BCUT2D eigenvalue weighted by molar-refractivity contribution is 7.98. The number of hydrogen-bond acceptors (Lipinski definition) is 5. The van der Waals surface area contributed by atoms with Crippen molar-refractivity contribution in [3.05, 3.63) is 42.0 Å². The molecule has 1 aromatic carbocycles. The number of nitrogens with zero attached hydrogens (tertiary/aromatic N) is 2. The largest absolute Gasteiger partial charge is 0.338 e. The zero-order valence-corrected chi connectivity index (χ0v) is 12.2. The Kier molecular flexibility index (Phi) is 4.71. The van der Waals surface area contributed by atoms with E-state index in [-0.39, 0.29) is 6.04 Å². The second-order valence-corrected chi connectivity index (χ2v) is 6.06. The molecule has 1 fully saturated rings. The maximum absolute atomic E-state index is 5.41. The van der Waals surface area contributed by atoms with Crippen molar-refractivity contribution in [3.63, 3.8) is 0 Å². The van der Waals surface area contributed by atoms with E-state index in [9.17, 15) is 0 Å². The number of aromatic nitrogens is 2. The molecule has 3 rings (SSSR count). The zero-order valence-electron chi connectivity index (χ0n) is 11.4. The summed E-state index contributed by atoms with van der Waals surface area (Å²) in [6.07, 6.45) is 4.84. The van der Waals surface area contributed by atoms with E-state index in [1.807, 2.05) is 18.2 Å². The van der Waals surface area contributed by atoms with Gasteiger partial charge in [-0.05, 0) is 31.5 Å². The second kappa shape index (κ2) is 6.90. The number of thioether (sulfide) groups is 1. The Hall–Kier alpha value is -1.33. The van der Waals surface area contributed by atoms with Crippen molar-refractivity contribution >= 4 is 11.8 Å². The molecular weight excluding hydrogens is 270 g/mol. The van der Waals surface area contributed by atoms with Crippen molar-refractivity contribution in [1.29, 1.82) is 0 Å². The van der Waals surface area contributed by atoms with Gasteiger partial charge in [0.25, 0.3) is 0 Å². The van der Waals surface area contributed by atoms with Gasteiger partial charge in [0, 0.05) is 4.90 Å². The van der Waals surface area contributed by atoms with Crippen LogP contribution < -0.4 is 5.32 Å². The Balaban J connectivity index is 1.58. The highest BCUT2D eigenvalue weighted by Gasteiger charge is 2.19. The molecule has 2 aromatic rings. The summed E-state index contributed by atoms with van der Waals surface area (Å²) in [6.45, 7) is 1.04.